The third-order valence-corrected chi connectivity index (χ3v) is 8.41. The van der Waals surface area contributed by atoms with Gasteiger partial charge in [0.15, 0.2) is 5.82 Å². The Bertz CT molecular complexity index is 1450. The number of para-hydroxylation sites is 1. The summed E-state index contributed by atoms with van der Waals surface area (Å²) in [6.07, 6.45) is 1.65. The van der Waals surface area contributed by atoms with Crippen molar-refractivity contribution < 1.29 is 14.4 Å². The number of likely N-dealkylation sites (N-methyl/N-ethyl adjacent to an activating group) is 1. The number of anilines is 4. The Hall–Kier alpha value is -4.28. The Kier molecular flexibility index (Phi) is 10.2. The number of carbonyl (C=O) groups is 3. The number of pyridine rings is 1. The van der Waals surface area contributed by atoms with E-state index in [-0.39, 0.29) is 30.6 Å². The van der Waals surface area contributed by atoms with Gasteiger partial charge in [0.2, 0.25) is 11.8 Å². The number of nitrogens with zero attached hydrogens (tertiary/aromatic N) is 5. The number of benzene rings is 2. The van der Waals surface area contributed by atoms with Crippen LogP contribution in [0.4, 0.5) is 22.9 Å². The predicted octanol–water partition coefficient (Wildman–Crippen LogP) is 4.26. The summed E-state index contributed by atoms with van der Waals surface area (Å²) in [5, 5.41) is 6.29. The van der Waals surface area contributed by atoms with Crippen LogP contribution < -0.4 is 20.4 Å². The van der Waals surface area contributed by atoms with Crippen molar-refractivity contribution in [1.29, 1.82) is 0 Å². The second kappa shape index (κ2) is 14.5. The number of nitrogens with one attached hydrogen (secondary N) is 2. The molecule has 0 saturated carbocycles. The third kappa shape index (κ3) is 7.26. The molecule has 0 radical (unpaired) electrons. The molecule has 2 aliphatic rings. The van der Waals surface area contributed by atoms with Crippen LogP contribution in [0.2, 0.25) is 0 Å². The summed E-state index contributed by atoms with van der Waals surface area (Å²) in [4.78, 5) is 52.0. The number of amides is 3. The standard InChI is InChI=1S/C34H43N7O3/c1-4-38(19-18-35-24-26-11-13-27(14-12-26)40-22-20-39(21-23-40)25(2)3)31(42)15-16-32(43)41-30-10-6-5-8-28(30)34(44)37-29-9-7-17-36-33(29)41/h5-14,17,25,35H,4,15-16,18-24H2,1-3H3,(H,37,44). The average Bonchev–Trinajstić information content (AvgIpc) is 3.17. The van der Waals surface area contributed by atoms with Crippen LogP contribution in [0.25, 0.3) is 0 Å². The second-order valence-electron chi connectivity index (χ2n) is 11.5. The van der Waals surface area contributed by atoms with E-state index < -0.39 is 0 Å². The maximum Gasteiger partial charge on any atom is 0.257 e. The molecule has 2 N–H and O–H groups in total. The van der Waals surface area contributed by atoms with Crippen LogP contribution in [0.3, 0.4) is 0 Å². The summed E-state index contributed by atoms with van der Waals surface area (Å²) in [5.41, 5.74) is 3.76. The maximum atomic E-state index is 13.5. The van der Waals surface area contributed by atoms with Crippen LogP contribution in [-0.2, 0) is 16.1 Å². The van der Waals surface area contributed by atoms with Gasteiger partial charge in [-0.25, -0.2) is 4.98 Å². The number of hydrogen-bond donors (Lipinski definition) is 2. The van der Waals surface area contributed by atoms with Crippen LogP contribution in [-0.4, -0.2) is 84.4 Å². The molecule has 0 atom stereocenters. The number of fused-ring (bicyclic) bond motifs is 2. The molecule has 3 heterocycles. The van der Waals surface area contributed by atoms with Gasteiger partial charge in [0.1, 0.15) is 0 Å². The first-order valence-electron chi connectivity index (χ1n) is 15.6. The Morgan fingerprint density at radius 1 is 0.977 bits per heavy atom. The fourth-order valence-corrected chi connectivity index (χ4v) is 5.80. The molecule has 2 aliphatic heterocycles. The van der Waals surface area contributed by atoms with Gasteiger partial charge in [-0.05, 0) is 62.7 Å². The van der Waals surface area contributed by atoms with E-state index in [1.54, 1.807) is 47.5 Å². The summed E-state index contributed by atoms with van der Waals surface area (Å²) >= 11 is 0. The van der Waals surface area contributed by atoms with Crippen molar-refractivity contribution in [1.82, 2.24) is 20.1 Å². The zero-order valence-corrected chi connectivity index (χ0v) is 26.0. The van der Waals surface area contributed by atoms with E-state index in [0.717, 1.165) is 32.7 Å². The zero-order valence-electron chi connectivity index (χ0n) is 26.0. The maximum absolute atomic E-state index is 13.5. The molecule has 232 valence electrons. The van der Waals surface area contributed by atoms with Gasteiger partial charge in [0.25, 0.3) is 5.91 Å². The highest BCUT2D eigenvalue weighted by molar-refractivity contribution is 6.17. The lowest BCUT2D eigenvalue weighted by Crippen LogP contribution is -2.48. The molecular formula is C34H43N7O3. The normalized spacial score (nSPS) is 15.0. The van der Waals surface area contributed by atoms with Gasteiger partial charge < -0.3 is 20.4 Å². The molecule has 1 aromatic heterocycles. The van der Waals surface area contributed by atoms with Crippen molar-refractivity contribution in [2.75, 3.05) is 60.9 Å². The molecule has 2 aromatic carbocycles. The van der Waals surface area contributed by atoms with Crippen LogP contribution in [0.5, 0.6) is 0 Å². The SMILES string of the molecule is CCN(CCNCc1ccc(N2CCN(C(C)C)CC2)cc1)C(=O)CCC(=O)N1c2ccccc2C(=O)Nc2cccnc21. The van der Waals surface area contributed by atoms with Gasteiger partial charge in [-0.1, -0.05) is 24.3 Å². The minimum atomic E-state index is -0.304. The minimum absolute atomic E-state index is 0.000167. The molecule has 10 nitrogen and oxygen atoms in total. The topological polar surface area (TPSA) is 101 Å². The molecule has 1 fully saturated rings. The van der Waals surface area contributed by atoms with Crippen LogP contribution in [0, 0.1) is 0 Å². The van der Waals surface area contributed by atoms with E-state index >= 15 is 0 Å². The fourth-order valence-electron chi connectivity index (χ4n) is 5.80. The van der Waals surface area contributed by atoms with Gasteiger partial charge >= 0.3 is 0 Å². The Morgan fingerprint density at radius 3 is 2.45 bits per heavy atom. The van der Waals surface area contributed by atoms with Crippen molar-refractivity contribution >= 4 is 40.6 Å². The van der Waals surface area contributed by atoms with Crippen molar-refractivity contribution in [3.8, 4) is 0 Å². The third-order valence-electron chi connectivity index (χ3n) is 8.41. The monoisotopic (exact) mass is 597 g/mol. The van der Waals surface area contributed by atoms with Gasteiger partial charge in [0.05, 0.1) is 16.9 Å². The van der Waals surface area contributed by atoms with Gasteiger partial charge in [0, 0.05) is 83.1 Å². The zero-order chi connectivity index (χ0) is 31.1. The van der Waals surface area contributed by atoms with Gasteiger partial charge in [-0.15, -0.1) is 0 Å². The Morgan fingerprint density at radius 2 is 1.73 bits per heavy atom. The smallest absolute Gasteiger partial charge is 0.257 e. The number of piperazine rings is 1. The summed E-state index contributed by atoms with van der Waals surface area (Å²) in [6, 6.07) is 19.7. The lowest BCUT2D eigenvalue weighted by Gasteiger charge is -2.38. The van der Waals surface area contributed by atoms with E-state index in [2.05, 4.69) is 63.5 Å². The molecule has 44 heavy (non-hydrogen) atoms. The molecule has 0 spiro atoms. The number of carbonyl (C=O) groups excluding carboxylic acids is 3. The number of hydrogen-bond acceptors (Lipinski definition) is 7. The quantitative estimate of drug-likeness (QED) is 0.319. The molecule has 5 rings (SSSR count). The van der Waals surface area contributed by atoms with E-state index in [9.17, 15) is 14.4 Å². The van der Waals surface area contributed by atoms with E-state index in [0.29, 0.717) is 48.4 Å². The van der Waals surface area contributed by atoms with Gasteiger partial charge in [-0.3, -0.25) is 24.2 Å². The lowest BCUT2D eigenvalue weighted by atomic mass is 10.1. The highest BCUT2D eigenvalue weighted by Crippen LogP contribution is 2.36. The first-order valence-corrected chi connectivity index (χ1v) is 15.6. The van der Waals surface area contributed by atoms with Crippen molar-refractivity contribution in [2.24, 2.45) is 0 Å². The van der Waals surface area contributed by atoms with E-state index in [4.69, 9.17) is 0 Å². The average molecular weight is 598 g/mol. The lowest BCUT2D eigenvalue weighted by molar-refractivity contribution is -0.132. The fraction of sp³-hybridized carbons (Fsp3) is 0.412. The number of aromatic nitrogens is 1. The van der Waals surface area contributed by atoms with Crippen molar-refractivity contribution in [3.05, 3.63) is 78.0 Å². The van der Waals surface area contributed by atoms with E-state index in [1.165, 1.54) is 16.2 Å². The van der Waals surface area contributed by atoms with Crippen LogP contribution >= 0.6 is 0 Å². The molecule has 0 aliphatic carbocycles. The molecule has 0 bridgehead atoms. The molecule has 0 unspecified atom stereocenters. The van der Waals surface area contributed by atoms with Crippen molar-refractivity contribution in [3.63, 3.8) is 0 Å². The molecular weight excluding hydrogens is 554 g/mol. The summed E-state index contributed by atoms with van der Waals surface area (Å²) in [5.74, 6) is -0.326. The Labute approximate surface area is 260 Å². The predicted molar refractivity (Wildman–Crippen MR) is 174 cm³/mol. The largest absolute Gasteiger partial charge is 0.369 e. The highest BCUT2D eigenvalue weighted by atomic mass is 16.2. The molecule has 3 aromatic rings. The summed E-state index contributed by atoms with van der Waals surface area (Å²) in [6.45, 7) is 13.2. The summed E-state index contributed by atoms with van der Waals surface area (Å²) in [7, 11) is 0. The number of rotatable bonds is 11. The highest BCUT2D eigenvalue weighted by Gasteiger charge is 2.30. The molecule has 3 amide bonds. The summed E-state index contributed by atoms with van der Waals surface area (Å²) < 4.78 is 0. The van der Waals surface area contributed by atoms with Crippen LogP contribution in [0.1, 0.15) is 49.5 Å². The van der Waals surface area contributed by atoms with Crippen LogP contribution in [0.15, 0.2) is 66.9 Å². The van der Waals surface area contributed by atoms with E-state index in [1.807, 2.05) is 6.92 Å². The minimum Gasteiger partial charge on any atom is -0.369 e. The molecule has 10 heteroatoms. The second-order valence-corrected chi connectivity index (χ2v) is 11.5. The van der Waals surface area contributed by atoms with Crippen molar-refractivity contribution in [2.45, 2.75) is 46.2 Å². The molecule has 1 saturated heterocycles. The first-order chi connectivity index (χ1) is 21.4. The first kappa shape index (κ1) is 31.2. The van der Waals surface area contributed by atoms with Gasteiger partial charge in [-0.2, -0.15) is 0 Å². The Balaban J connectivity index is 1.10.